The first kappa shape index (κ1) is 19.8. The van der Waals surface area contributed by atoms with Gasteiger partial charge in [-0.05, 0) is 18.6 Å². The largest absolute Gasteiger partial charge is 0.348 e. The highest BCUT2D eigenvalue weighted by molar-refractivity contribution is 6.02. The maximum Gasteiger partial charge on any atom is 0.262 e. The van der Waals surface area contributed by atoms with Crippen molar-refractivity contribution in [2.75, 3.05) is 6.54 Å². The summed E-state index contributed by atoms with van der Waals surface area (Å²) in [5.74, 6) is -0.432. The van der Waals surface area contributed by atoms with Crippen molar-refractivity contribution < 1.29 is 4.79 Å². The lowest BCUT2D eigenvalue weighted by Gasteiger charge is -2.02. The van der Waals surface area contributed by atoms with Crippen molar-refractivity contribution in [2.45, 2.75) is 13.5 Å². The molecule has 0 aliphatic heterocycles. The summed E-state index contributed by atoms with van der Waals surface area (Å²) >= 11 is 0. The van der Waals surface area contributed by atoms with E-state index < -0.39 is 5.91 Å². The molecule has 0 saturated carbocycles. The Bertz CT molecular complexity index is 1070. The second-order valence-electron chi connectivity index (χ2n) is 6.65. The van der Waals surface area contributed by atoms with Crippen molar-refractivity contribution in [3.63, 3.8) is 0 Å². The summed E-state index contributed by atoms with van der Waals surface area (Å²) in [6.45, 7) is 6.50. The molecule has 29 heavy (non-hydrogen) atoms. The summed E-state index contributed by atoms with van der Waals surface area (Å²) in [6, 6.07) is 20.0. The second kappa shape index (κ2) is 9.34. The SMILES string of the molecule is C=CCNC(=O)/C(C#N)=C/c1cn(Cc2ccccc2)nc1-c1ccc(C)cc1. The van der Waals surface area contributed by atoms with Crippen molar-refractivity contribution in [3.8, 4) is 17.3 Å². The minimum atomic E-state index is -0.432. The third-order valence-electron chi connectivity index (χ3n) is 4.37. The third kappa shape index (κ3) is 5.08. The molecule has 0 aliphatic rings. The first-order valence-electron chi connectivity index (χ1n) is 9.30. The molecule has 1 aromatic heterocycles. The quantitative estimate of drug-likeness (QED) is 0.380. The molecule has 0 atom stereocenters. The molecule has 3 rings (SSSR count). The highest BCUT2D eigenvalue weighted by atomic mass is 16.1. The molecule has 1 heterocycles. The van der Waals surface area contributed by atoms with Crippen LogP contribution in [0.1, 0.15) is 16.7 Å². The van der Waals surface area contributed by atoms with Gasteiger partial charge in [0.15, 0.2) is 0 Å². The van der Waals surface area contributed by atoms with Crippen LogP contribution < -0.4 is 5.32 Å². The standard InChI is InChI=1S/C24H22N4O/c1-3-13-26-24(29)21(15-25)14-22-17-28(16-19-7-5-4-6-8-19)27-23(22)20-11-9-18(2)10-12-20/h3-12,14,17H,1,13,16H2,2H3,(H,26,29)/b21-14+. The fourth-order valence-corrected chi connectivity index (χ4v) is 2.89. The predicted octanol–water partition coefficient (Wildman–Crippen LogP) is 4.12. The molecule has 1 N–H and O–H groups in total. The van der Waals surface area contributed by atoms with Crippen LogP contribution in [0, 0.1) is 18.3 Å². The van der Waals surface area contributed by atoms with E-state index in [1.54, 1.807) is 12.2 Å². The minimum absolute atomic E-state index is 0.0273. The molecule has 0 aliphatic carbocycles. The zero-order valence-electron chi connectivity index (χ0n) is 16.3. The number of carbonyl (C=O) groups is 1. The second-order valence-corrected chi connectivity index (χ2v) is 6.65. The molecule has 0 unspecified atom stereocenters. The van der Waals surface area contributed by atoms with Gasteiger partial charge >= 0.3 is 0 Å². The number of nitrogens with one attached hydrogen (secondary N) is 1. The molecular formula is C24H22N4O. The Morgan fingerprint density at radius 3 is 2.59 bits per heavy atom. The van der Waals surface area contributed by atoms with Gasteiger partial charge in [0, 0.05) is 23.9 Å². The molecule has 0 radical (unpaired) electrons. The van der Waals surface area contributed by atoms with Gasteiger partial charge < -0.3 is 5.32 Å². The van der Waals surface area contributed by atoms with E-state index in [-0.39, 0.29) is 5.57 Å². The number of carbonyl (C=O) groups excluding carboxylic acids is 1. The van der Waals surface area contributed by atoms with E-state index in [9.17, 15) is 10.1 Å². The molecular weight excluding hydrogens is 360 g/mol. The Labute approximate surface area is 170 Å². The van der Waals surface area contributed by atoms with Gasteiger partial charge in [0.05, 0.1) is 12.2 Å². The number of rotatable bonds is 7. The predicted molar refractivity (Wildman–Crippen MR) is 115 cm³/mol. The van der Waals surface area contributed by atoms with Crippen LogP contribution >= 0.6 is 0 Å². The van der Waals surface area contributed by atoms with E-state index in [2.05, 4.69) is 11.9 Å². The average molecular weight is 382 g/mol. The third-order valence-corrected chi connectivity index (χ3v) is 4.37. The van der Waals surface area contributed by atoms with Gasteiger partial charge in [-0.25, -0.2) is 0 Å². The van der Waals surface area contributed by atoms with E-state index in [1.165, 1.54) is 0 Å². The Morgan fingerprint density at radius 1 is 1.21 bits per heavy atom. The van der Waals surface area contributed by atoms with Crippen molar-refractivity contribution in [1.29, 1.82) is 5.26 Å². The van der Waals surface area contributed by atoms with Crippen molar-refractivity contribution in [2.24, 2.45) is 0 Å². The topological polar surface area (TPSA) is 70.7 Å². The Kier molecular flexibility index (Phi) is 6.39. The lowest BCUT2D eigenvalue weighted by molar-refractivity contribution is -0.116. The van der Waals surface area contributed by atoms with Gasteiger partial charge in [-0.15, -0.1) is 6.58 Å². The van der Waals surface area contributed by atoms with Crippen LogP contribution in [0.4, 0.5) is 0 Å². The molecule has 1 amide bonds. The van der Waals surface area contributed by atoms with Crippen LogP contribution in [0.2, 0.25) is 0 Å². The van der Waals surface area contributed by atoms with E-state index in [4.69, 9.17) is 5.10 Å². The number of benzene rings is 2. The number of aromatic nitrogens is 2. The van der Waals surface area contributed by atoms with Crippen LogP contribution in [0.5, 0.6) is 0 Å². The molecule has 5 nitrogen and oxygen atoms in total. The van der Waals surface area contributed by atoms with Crippen LogP contribution in [0.3, 0.4) is 0 Å². The molecule has 0 fully saturated rings. The van der Waals surface area contributed by atoms with Gasteiger partial charge in [0.1, 0.15) is 11.6 Å². The molecule has 2 aromatic carbocycles. The van der Waals surface area contributed by atoms with Crippen molar-refractivity contribution in [1.82, 2.24) is 15.1 Å². The fourth-order valence-electron chi connectivity index (χ4n) is 2.89. The first-order chi connectivity index (χ1) is 14.1. The fraction of sp³-hybridized carbons (Fsp3) is 0.125. The highest BCUT2D eigenvalue weighted by Crippen LogP contribution is 2.25. The van der Waals surface area contributed by atoms with Crippen LogP contribution in [-0.2, 0) is 11.3 Å². The summed E-state index contributed by atoms with van der Waals surface area (Å²) in [7, 11) is 0. The summed E-state index contributed by atoms with van der Waals surface area (Å²) < 4.78 is 1.83. The van der Waals surface area contributed by atoms with Crippen molar-refractivity contribution in [3.05, 3.63) is 95.7 Å². The molecule has 5 heteroatoms. The molecule has 3 aromatic rings. The number of nitrogens with zero attached hydrogens (tertiary/aromatic N) is 3. The zero-order valence-corrected chi connectivity index (χ0v) is 16.3. The van der Waals surface area contributed by atoms with Gasteiger partial charge in [0.2, 0.25) is 0 Å². The monoisotopic (exact) mass is 382 g/mol. The normalized spacial score (nSPS) is 11.0. The number of nitriles is 1. The van der Waals surface area contributed by atoms with Crippen LogP contribution in [-0.4, -0.2) is 22.2 Å². The Balaban J connectivity index is 2.02. The van der Waals surface area contributed by atoms with Gasteiger partial charge in [-0.2, -0.15) is 10.4 Å². The van der Waals surface area contributed by atoms with Crippen LogP contribution in [0.15, 0.2) is 79.0 Å². The summed E-state index contributed by atoms with van der Waals surface area (Å²) in [4.78, 5) is 12.3. The zero-order chi connectivity index (χ0) is 20.6. The van der Waals surface area contributed by atoms with Crippen molar-refractivity contribution >= 4 is 12.0 Å². The summed E-state index contributed by atoms with van der Waals surface area (Å²) in [6.07, 6.45) is 5.02. The van der Waals surface area contributed by atoms with E-state index >= 15 is 0 Å². The Hall–Kier alpha value is -3.91. The van der Waals surface area contributed by atoms with Gasteiger partial charge in [0.25, 0.3) is 5.91 Å². The molecule has 0 spiro atoms. The van der Waals surface area contributed by atoms with E-state index in [1.807, 2.05) is 78.5 Å². The van der Waals surface area contributed by atoms with E-state index in [0.29, 0.717) is 13.1 Å². The minimum Gasteiger partial charge on any atom is -0.348 e. The number of hydrogen-bond donors (Lipinski definition) is 1. The lowest BCUT2D eigenvalue weighted by atomic mass is 10.0. The number of aryl methyl sites for hydroxylation is 1. The molecule has 144 valence electrons. The lowest BCUT2D eigenvalue weighted by Crippen LogP contribution is -2.24. The maximum atomic E-state index is 12.3. The molecule has 0 bridgehead atoms. The molecule has 0 saturated heterocycles. The number of amides is 1. The van der Waals surface area contributed by atoms with Crippen LogP contribution in [0.25, 0.3) is 17.3 Å². The summed E-state index contributed by atoms with van der Waals surface area (Å²) in [5, 5.41) is 16.8. The summed E-state index contributed by atoms with van der Waals surface area (Å²) in [5.41, 5.74) is 4.67. The maximum absolute atomic E-state index is 12.3. The first-order valence-corrected chi connectivity index (χ1v) is 9.30. The highest BCUT2D eigenvalue weighted by Gasteiger charge is 2.14. The Morgan fingerprint density at radius 2 is 1.93 bits per heavy atom. The number of hydrogen-bond acceptors (Lipinski definition) is 3. The average Bonchev–Trinajstić information content (AvgIpc) is 3.13. The van der Waals surface area contributed by atoms with E-state index in [0.717, 1.165) is 27.9 Å². The van der Waals surface area contributed by atoms with Gasteiger partial charge in [-0.1, -0.05) is 66.2 Å². The van der Waals surface area contributed by atoms with Gasteiger partial charge in [-0.3, -0.25) is 9.48 Å². The smallest absolute Gasteiger partial charge is 0.262 e.